The lowest BCUT2D eigenvalue weighted by Gasteiger charge is -2.28. The zero-order chi connectivity index (χ0) is 19.0. The van der Waals surface area contributed by atoms with Gasteiger partial charge in [0.1, 0.15) is 6.61 Å². The van der Waals surface area contributed by atoms with Gasteiger partial charge in [0.2, 0.25) is 0 Å². The molecule has 0 spiro atoms. The van der Waals surface area contributed by atoms with Crippen molar-refractivity contribution in [3.05, 3.63) is 71.8 Å². The van der Waals surface area contributed by atoms with Crippen LogP contribution in [0.3, 0.4) is 0 Å². The second-order valence-corrected chi connectivity index (χ2v) is 5.53. The smallest absolute Gasteiger partial charge is 0.379 e. The van der Waals surface area contributed by atoms with E-state index in [1.807, 2.05) is 0 Å². The van der Waals surface area contributed by atoms with Gasteiger partial charge in [-0.1, -0.05) is 67.6 Å². The summed E-state index contributed by atoms with van der Waals surface area (Å²) in [5.74, 6) is -2.89. The van der Waals surface area contributed by atoms with E-state index < -0.39 is 23.3 Å². The topological polar surface area (TPSA) is 89.9 Å². The molecule has 0 radical (unpaired) electrons. The van der Waals surface area contributed by atoms with Gasteiger partial charge in [0.25, 0.3) is 5.78 Å². The highest BCUT2D eigenvalue weighted by molar-refractivity contribution is 6.40. The molecule has 26 heavy (non-hydrogen) atoms. The number of carboxylic acids is 1. The van der Waals surface area contributed by atoms with Crippen LogP contribution in [0.2, 0.25) is 0 Å². The molecule has 2 aromatic rings. The fourth-order valence-corrected chi connectivity index (χ4v) is 2.56. The van der Waals surface area contributed by atoms with Crippen molar-refractivity contribution in [1.29, 1.82) is 0 Å². The van der Waals surface area contributed by atoms with Crippen LogP contribution in [0.4, 0.5) is 0 Å². The van der Waals surface area contributed by atoms with E-state index in [1.54, 1.807) is 55.5 Å². The first-order valence-electron chi connectivity index (χ1n) is 8.20. The highest BCUT2D eigenvalue weighted by atomic mass is 16.6. The first-order valence-corrected chi connectivity index (χ1v) is 8.20. The highest BCUT2D eigenvalue weighted by Crippen LogP contribution is 2.29. The summed E-state index contributed by atoms with van der Waals surface area (Å²) in [5, 5.41) is 9.64. The zero-order valence-electron chi connectivity index (χ0n) is 14.4. The van der Waals surface area contributed by atoms with Gasteiger partial charge >= 0.3 is 11.9 Å². The molecule has 6 nitrogen and oxygen atoms in total. The molecule has 0 saturated carbocycles. The van der Waals surface area contributed by atoms with Crippen LogP contribution in [0.1, 0.15) is 29.3 Å². The number of carbonyl (C=O) groups excluding carboxylic acids is 2. The molecule has 2 aromatic carbocycles. The molecular formula is C20H20O6. The van der Waals surface area contributed by atoms with E-state index in [2.05, 4.69) is 0 Å². The van der Waals surface area contributed by atoms with Gasteiger partial charge in [-0.3, -0.25) is 4.79 Å². The lowest BCUT2D eigenvalue weighted by molar-refractivity contribution is -0.171. The molecule has 0 aliphatic carbocycles. The Morgan fingerprint density at radius 2 is 1.50 bits per heavy atom. The monoisotopic (exact) mass is 356 g/mol. The second-order valence-electron chi connectivity index (χ2n) is 5.53. The minimum absolute atomic E-state index is 0.150. The highest BCUT2D eigenvalue weighted by Gasteiger charge is 2.39. The number of carboxylic acid groups (broad SMARTS) is 1. The number of benzene rings is 2. The van der Waals surface area contributed by atoms with Crippen molar-refractivity contribution in [2.75, 3.05) is 13.2 Å². The molecule has 1 N–H and O–H groups in total. The van der Waals surface area contributed by atoms with Crippen molar-refractivity contribution in [2.45, 2.75) is 18.9 Å². The largest absolute Gasteiger partial charge is 0.479 e. The number of hydrogen-bond donors (Lipinski definition) is 1. The Morgan fingerprint density at radius 1 is 0.923 bits per heavy atom. The second kappa shape index (κ2) is 8.92. The maximum Gasteiger partial charge on any atom is 0.379 e. The van der Waals surface area contributed by atoms with Gasteiger partial charge in [-0.25, -0.2) is 9.59 Å². The molecule has 0 heterocycles. The van der Waals surface area contributed by atoms with E-state index in [0.29, 0.717) is 5.56 Å². The van der Waals surface area contributed by atoms with Gasteiger partial charge in [-0.2, -0.15) is 0 Å². The molecule has 0 fully saturated rings. The number of rotatable bonds is 9. The van der Waals surface area contributed by atoms with E-state index in [4.69, 9.17) is 9.47 Å². The maximum absolute atomic E-state index is 11.9. The third-order valence-electron chi connectivity index (χ3n) is 3.97. The molecule has 0 bridgehead atoms. The van der Waals surface area contributed by atoms with Gasteiger partial charge in [0, 0.05) is 5.56 Å². The van der Waals surface area contributed by atoms with Crippen molar-refractivity contribution in [3.8, 4) is 0 Å². The van der Waals surface area contributed by atoms with Crippen LogP contribution in [0.5, 0.6) is 0 Å². The molecule has 1 atom stereocenters. The Hall–Kier alpha value is -2.99. The fourth-order valence-electron chi connectivity index (χ4n) is 2.56. The normalized spacial score (nSPS) is 12.8. The van der Waals surface area contributed by atoms with Crippen molar-refractivity contribution in [3.63, 3.8) is 0 Å². The predicted molar refractivity (Wildman–Crippen MR) is 93.7 cm³/mol. The molecular weight excluding hydrogens is 336 g/mol. The third kappa shape index (κ3) is 4.34. The van der Waals surface area contributed by atoms with Crippen molar-refractivity contribution < 1.29 is 29.0 Å². The summed E-state index contributed by atoms with van der Waals surface area (Å²) >= 11 is 0. The van der Waals surface area contributed by atoms with Crippen LogP contribution in [0.15, 0.2) is 60.7 Å². The zero-order valence-corrected chi connectivity index (χ0v) is 14.4. The summed E-state index contributed by atoms with van der Waals surface area (Å²) in [6, 6.07) is 16.6. The predicted octanol–water partition coefficient (Wildman–Crippen LogP) is 2.82. The Balaban J connectivity index is 1.95. The molecule has 1 unspecified atom stereocenters. The van der Waals surface area contributed by atoms with Crippen LogP contribution in [-0.2, 0) is 24.7 Å². The minimum Gasteiger partial charge on any atom is -0.479 e. The third-order valence-corrected chi connectivity index (χ3v) is 3.97. The lowest BCUT2D eigenvalue weighted by atomic mass is 9.91. The van der Waals surface area contributed by atoms with Crippen molar-refractivity contribution >= 4 is 17.7 Å². The standard InChI is InChI=1S/C20H20O6/c1-2-20(19(23)24,16-11-7-4-8-12-16)26-14-13-25-18(22)17(21)15-9-5-3-6-10-15/h3-12H,2,13-14H2,1H3,(H,23,24). The average Bonchev–Trinajstić information content (AvgIpc) is 2.68. The molecule has 0 saturated heterocycles. The van der Waals surface area contributed by atoms with Crippen molar-refractivity contribution in [1.82, 2.24) is 0 Å². The van der Waals surface area contributed by atoms with Crippen LogP contribution in [-0.4, -0.2) is 36.0 Å². The van der Waals surface area contributed by atoms with E-state index in [-0.39, 0.29) is 25.2 Å². The molecule has 0 aromatic heterocycles. The minimum atomic E-state index is -1.53. The van der Waals surface area contributed by atoms with E-state index in [9.17, 15) is 19.5 Å². The van der Waals surface area contributed by atoms with E-state index in [0.717, 1.165) is 0 Å². The Bertz CT molecular complexity index is 756. The number of carbonyl (C=O) groups is 3. The summed E-state index contributed by atoms with van der Waals surface area (Å²) in [5.41, 5.74) is -0.797. The summed E-state index contributed by atoms with van der Waals surface area (Å²) in [6.45, 7) is 1.33. The first-order chi connectivity index (χ1) is 12.5. The fraction of sp³-hybridized carbons (Fsp3) is 0.250. The van der Waals surface area contributed by atoms with Gasteiger partial charge in [0.15, 0.2) is 5.60 Å². The van der Waals surface area contributed by atoms with Gasteiger partial charge < -0.3 is 14.6 Å². The van der Waals surface area contributed by atoms with Gasteiger partial charge in [-0.05, 0) is 12.0 Å². The quantitative estimate of drug-likeness (QED) is 0.322. The molecule has 2 rings (SSSR count). The van der Waals surface area contributed by atoms with Crippen LogP contribution in [0, 0.1) is 0 Å². The number of aliphatic carboxylic acids is 1. The number of Topliss-reactive ketones (excluding diaryl/α,β-unsaturated/α-hetero) is 1. The first kappa shape index (κ1) is 19.3. The summed E-state index contributed by atoms with van der Waals surface area (Å²) in [6.07, 6.45) is 0.198. The number of ether oxygens (including phenoxy) is 2. The van der Waals surface area contributed by atoms with E-state index in [1.165, 1.54) is 12.1 Å². The number of ketones is 1. The summed E-state index contributed by atoms with van der Waals surface area (Å²) < 4.78 is 10.5. The van der Waals surface area contributed by atoms with Crippen LogP contribution >= 0.6 is 0 Å². The Morgan fingerprint density at radius 3 is 2.04 bits per heavy atom. The van der Waals surface area contributed by atoms with Crippen LogP contribution in [0.25, 0.3) is 0 Å². The molecule has 0 aliphatic heterocycles. The molecule has 0 amide bonds. The summed E-state index contributed by atoms with van der Waals surface area (Å²) in [4.78, 5) is 35.5. The Labute approximate surface area is 151 Å². The number of hydrogen-bond acceptors (Lipinski definition) is 5. The van der Waals surface area contributed by atoms with E-state index >= 15 is 0 Å². The SMILES string of the molecule is CCC(OCCOC(=O)C(=O)c1ccccc1)(C(=O)O)c1ccccc1. The van der Waals surface area contributed by atoms with Crippen molar-refractivity contribution in [2.24, 2.45) is 0 Å². The molecule has 136 valence electrons. The van der Waals surface area contributed by atoms with Gasteiger partial charge in [-0.15, -0.1) is 0 Å². The van der Waals surface area contributed by atoms with Gasteiger partial charge in [0.05, 0.1) is 6.61 Å². The van der Waals surface area contributed by atoms with Crippen LogP contribution < -0.4 is 0 Å². The average molecular weight is 356 g/mol. The molecule has 6 heteroatoms. The maximum atomic E-state index is 11.9. The molecule has 0 aliphatic rings. The lowest BCUT2D eigenvalue weighted by Crippen LogP contribution is -2.39. The Kier molecular flexibility index (Phi) is 6.63. The number of esters is 1. The summed E-state index contributed by atoms with van der Waals surface area (Å²) in [7, 11) is 0.